The number of hydrogen-bond donors (Lipinski definition) is 2. The van der Waals surface area contributed by atoms with Crippen molar-refractivity contribution in [2.45, 2.75) is 38.6 Å². The maximum absolute atomic E-state index is 5.36. The Bertz CT molecular complexity index is 475. The van der Waals surface area contributed by atoms with Crippen molar-refractivity contribution >= 4 is 29.7 Å². The summed E-state index contributed by atoms with van der Waals surface area (Å²) in [6, 6.07) is 10.4. The summed E-state index contributed by atoms with van der Waals surface area (Å²) in [5.74, 6) is 1.94. The topological polar surface area (TPSA) is 27.3 Å². The number of nitrogens with zero attached hydrogens (tertiary/aromatic N) is 1. The Morgan fingerprint density at radius 3 is 2.25 bits per heavy atom. The van der Waals surface area contributed by atoms with Gasteiger partial charge in [0, 0.05) is 26.2 Å². The van der Waals surface area contributed by atoms with Gasteiger partial charge in [-0.2, -0.15) is 0 Å². The van der Waals surface area contributed by atoms with Gasteiger partial charge in [0.1, 0.15) is 0 Å². The molecule has 0 spiro atoms. The number of halogens is 1. The second-order valence-electron chi connectivity index (χ2n) is 7.09. The maximum Gasteiger partial charge on any atom is 0.166 e. The van der Waals surface area contributed by atoms with Crippen LogP contribution in [-0.4, -0.2) is 36.2 Å². The molecule has 0 radical (unpaired) electrons. The van der Waals surface area contributed by atoms with Crippen molar-refractivity contribution in [1.82, 2.24) is 15.5 Å². The van der Waals surface area contributed by atoms with Gasteiger partial charge in [0.05, 0.1) is 0 Å². The average molecular weight is 368 g/mol. The van der Waals surface area contributed by atoms with Gasteiger partial charge in [-0.1, -0.05) is 30.3 Å². The number of rotatable bonds is 6. The van der Waals surface area contributed by atoms with E-state index in [1.807, 2.05) is 6.07 Å². The predicted molar refractivity (Wildman–Crippen MR) is 108 cm³/mol. The number of thiocarbonyl (C=S) groups is 1. The van der Waals surface area contributed by atoms with E-state index < -0.39 is 0 Å². The first-order valence-corrected chi connectivity index (χ1v) is 9.48. The molecule has 2 saturated heterocycles. The summed E-state index contributed by atoms with van der Waals surface area (Å²) in [5, 5.41) is 7.39. The predicted octanol–water partition coefficient (Wildman–Crippen LogP) is 3.58. The summed E-state index contributed by atoms with van der Waals surface area (Å²) < 4.78 is 0. The van der Waals surface area contributed by atoms with Crippen LogP contribution in [0.3, 0.4) is 0 Å². The third kappa shape index (κ3) is 6.23. The third-order valence-corrected chi connectivity index (χ3v) is 5.52. The Morgan fingerprint density at radius 1 is 1.00 bits per heavy atom. The zero-order chi connectivity index (χ0) is 15.9. The van der Waals surface area contributed by atoms with Crippen LogP contribution < -0.4 is 10.6 Å². The molecule has 1 aromatic carbocycles. The smallest absolute Gasteiger partial charge is 0.166 e. The Kier molecular flexibility index (Phi) is 8.30. The SMILES string of the molecule is Cl.S=C(NCCCN1CC2CCC(CC2)C1)NCc1ccccc1. The molecule has 1 aliphatic carbocycles. The lowest BCUT2D eigenvalue weighted by Gasteiger charge is -2.22. The molecule has 0 aromatic heterocycles. The van der Waals surface area contributed by atoms with Gasteiger partial charge in [0.2, 0.25) is 0 Å². The van der Waals surface area contributed by atoms with Crippen LogP contribution >= 0.6 is 24.6 Å². The zero-order valence-corrected chi connectivity index (χ0v) is 16.0. The fraction of sp³-hybridized carbons (Fsp3) is 0.632. The lowest BCUT2D eigenvalue weighted by Crippen LogP contribution is -2.37. The van der Waals surface area contributed by atoms with Crippen molar-refractivity contribution in [2.24, 2.45) is 11.8 Å². The maximum atomic E-state index is 5.36. The number of nitrogens with one attached hydrogen (secondary N) is 2. The van der Waals surface area contributed by atoms with Crippen LogP contribution in [0.25, 0.3) is 0 Å². The molecule has 2 heterocycles. The molecule has 5 heteroatoms. The van der Waals surface area contributed by atoms with Crippen LogP contribution in [0.15, 0.2) is 30.3 Å². The molecule has 3 nitrogen and oxygen atoms in total. The van der Waals surface area contributed by atoms with Crippen molar-refractivity contribution < 1.29 is 0 Å². The highest BCUT2D eigenvalue weighted by Gasteiger charge is 2.28. The van der Waals surface area contributed by atoms with Crippen molar-refractivity contribution in [3.05, 3.63) is 35.9 Å². The van der Waals surface area contributed by atoms with Crippen LogP contribution in [0.4, 0.5) is 0 Å². The van der Waals surface area contributed by atoms with Crippen LogP contribution in [0.1, 0.15) is 37.7 Å². The van der Waals surface area contributed by atoms with Crippen LogP contribution in [0, 0.1) is 11.8 Å². The fourth-order valence-electron chi connectivity index (χ4n) is 3.93. The number of fused-ring (bicyclic) bond motifs is 4. The Labute approximate surface area is 158 Å². The molecular weight excluding hydrogens is 338 g/mol. The highest BCUT2D eigenvalue weighted by Crippen LogP contribution is 2.33. The second-order valence-corrected chi connectivity index (χ2v) is 7.50. The molecule has 134 valence electrons. The summed E-state index contributed by atoms with van der Waals surface area (Å²) in [5.41, 5.74) is 1.26. The van der Waals surface area contributed by atoms with Crippen molar-refractivity contribution in [3.8, 4) is 0 Å². The quantitative estimate of drug-likeness (QED) is 0.593. The molecule has 0 unspecified atom stereocenters. The van der Waals surface area contributed by atoms with E-state index in [-0.39, 0.29) is 12.4 Å². The first-order chi connectivity index (χ1) is 11.3. The van der Waals surface area contributed by atoms with E-state index in [2.05, 4.69) is 39.8 Å². The molecule has 24 heavy (non-hydrogen) atoms. The third-order valence-electron chi connectivity index (χ3n) is 5.23. The largest absolute Gasteiger partial charge is 0.363 e. The van der Waals surface area contributed by atoms with Crippen molar-refractivity contribution in [1.29, 1.82) is 0 Å². The fourth-order valence-corrected chi connectivity index (χ4v) is 4.10. The summed E-state index contributed by atoms with van der Waals surface area (Å²) in [7, 11) is 0. The highest BCUT2D eigenvalue weighted by molar-refractivity contribution is 7.80. The molecule has 1 aromatic rings. The summed E-state index contributed by atoms with van der Waals surface area (Å²) in [4.78, 5) is 2.69. The summed E-state index contributed by atoms with van der Waals surface area (Å²) >= 11 is 5.36. The van der Waals surface area contributed by atoms with E-state index >= 15 is 0 Å². The van der Waals surface area contributed by atoms with E-state index in [0.717, 1.165) is 30.0 Å². The van der Waals surface area contributed by atoms with Crippen LogP contribution in [-0.2, 0) is 6.54 Å². The Morgan fingerprint density at radius 2 is 1.62 bits per heavy atom. The second kappa shape index (κ2) is 10.2. The minimum Gasteiger partial charge on any atom is -0.363 e. The van der Waals surface area contributed by atoms with Gasteiger partial charge < -0.3 is 15.5 Å². The van der Waals surface area contributed by atoms with Crippen LogP contribution in [0.5, 0.6) is 0 Å². The van der Waals surface area contributed by atoms with Gasteiger partial charge in [0.15, 0.2) is 5.11 Å². The van der Waals surface area contributed by atoms with E-state index in [1.54, 1.807) is 0 Å². The minimum atomic E-state index is 0. The summed E-state index contributed by atoms with van der Waals surface area (Å²) in [6.45, 7) is 5.62. The molecule has 2 N–H and O–H groups in total. The molecule has 2 aliphatic heterocycles. The van der Waals surface area contributed by atoms with Gasteiger partial charge in [0.25, 0.3) is 0 Å². The normalized spacial score (nSPS) is 23.2. The van der Waals surface area contributed by atoms with Gasteiger partial charge in [-0.3, -0.25) is 0 Å². The molecule has 1 saturated carbocycles. The van der Waals surface area contributed by atoms with E-state index in [0.29, 0.717) is 0 Å². The number of benzene rings is 1. The summed E-state index contributed by atoms with van der Waals surface area (Å²) in [6.07, 6.45) is 7.03. The lowest BCUT2D eigenvalue weighted by molar-refractivity contribution is 0.250. The standard InChI is InChI=1S/C19H29N3S.ClH/c23-19(21-13-16-5-2-1-3-6-16)20-11-4-12-22-14-17-7-8-18(15-22)10-9-17;/h1-3,5-6,17-18H,4,7-15H2,(H2,20,21,23);1H. The van der Waals surface area contributed by atoms with E-state index in [4.69, 9.17) is 12.2 Å². The molecule has 3 fully saturated rings. The molecule has 0 amide bonds. The molecule has 2 bridgehead atoms. The minimum absolute atomic E-state index is 0. The van der Waals surface area contributed by atoms with Gasteiger partial charge in [-0.25, -0.2) is 0 Å². The molecular formula is C19H30ClN3S. The lowest BCUT2D eigenvalue weighted by atomic mass is 9.84. The van der Waals surface area contributed by atoms with Gasteiger partial charge >= 0.3 is 0 Å². The number of hydrogen-bond acceptors (Lipinski definition) is 2. The van der Waals surface area contributed by atoms with Gasteiger partial charge in [-0.05, 0) is 68.3 Å². The van der Waals surface area contributed by atoms with Gasteiger partial charge in [-0.15, -0.1) is 12.4 Å². The first-order valence-electron chi connectivity index (χ1n) is 9.07. The van der Waals surface area contributed by atoms with E-state index in [1.165, 1.54) is 57.3 Å². The molecule has 0 atom stereocenters. The Hall–Kier alpha value is -0.840. The first kappa shape index (κ1) is 19.5. The van der Waals surface area contributed by atoms with E-state index in [9.17, 15) is 0 Å². The monoisotopic (exact) mass is 367 g/mol. The van der Waals surface area contributed by atoms with Crippen LogP contribution in [0.2, 0.25) is 0 Å². The molecule has 3 aliphatic rings. The highest BCUT2D eigenvalue weighted by atomic mass is 35.5. The average Bonchev–Trinajstić information content (AvgIpc) is 2.90. The van der Waals surface area contributed by atoms with Crippen molar-refractivity contribution in [2.75, 3.05) is 26.2 Å². The Balaban J connectivity index is 0.00000208. The zero-order valence-electron chi connectivity index (χ0n) is 14.4. The molecule has 4 rings (SSSR count). The van der Waals surface area contributed by atoms with Crippen molar-refractivity contribution in [3.63, 3.8) is 0 Å².